The Morgan fingerprint density at radius 3 is 2.65 bits per heavy atom. The van der Waals surface area contributed by atoms with Crippen LogP contribution in [0.1, 0.15) is 5.56 Å². The highest BCUT2D eigenvalue weighted by atomic mass is 35.5. The molecule has 2 N–H and O–H groups in total. The molecule has 0 fully saturated rings. The van der Waals surface area contributed by atoms with E-state index in [1.807, 2.05) is 0 Å². The number of nitro benzene ring substituents is 1. The van der Waals surface area contributed by atoms with Gasteiger partial charge in [-0.15, -0.1) is 0 Å². The second kappa shape index (κ2) is 6.02. The largest absolute Gasteiger partial charge is 0.398 e. The third-order valence-corrected chi connectivity index (χ3v) is 4.36. The lowest BCUT2D eigenvalue weighted by Gasteiger charge is -2.05. The first-order valence-corrected chi connectivity index (χ1v) is 7.34. The first-order valence-electron chi connectivity index (χ1n) is 5.64. The van der Waals surface area contributed by atoms with Crippen LogP contribution >= 0.6 is 11.6 Å². The fraction of sp³-hybridized carbons (Fsp3) is 0.0769. The minimum atomic E-state index is -1.34. The normalized spacial score (nSPS) is 12.1. The molecule has 0 saturated carbocycles. The van der Waals surface area contributed by atoms with Crippen molar-refractivity contribution in [2.24, 2.45) is 0 Å². The van der Waals surface area contributed by atoms with Gasteiger partial charge in [-0.05, 0) is 23.8 Å². The summed E-state index contributed by atoms with van der Waals surface area (Å²) in [5.74, 6) is 0.182. The second-order valence-corrected chi connectivity index (χ2v) is 5.96. The SMILES string of the molecule is Nc1ccc(S(=O)Cc2cccc([N+](=O)[O-])c2)cc1Cl. The van der Waals surface area contributed by atoms with Gasteiger partial charge in [-0.2, -0.15) is 0 Å². The van der Waals surface area contributed by atoms with E-state index in [-0.39, 0.29) is 11.4 Å². The van der Waals surface area contributed by atoms with Crippen LogP contribution in [0.25, 0.3) is 0 Å². The Morgan fingerprint density at radius 1 is 1.25 bits per heavy atom. The second-order valence-electron chi connectivity index (χ2n) is 4.10. The number of rotatable bonds is 4. The summed E-state index contributed by atoms with van der Waals surface area (Å²) < 4.78 is 12.2. The summed E-state index contributed by atoms with van der Waals surface area (Å²) >= 11 is 5.88. The summed E-state index contributed by atoms with van der Waals surface area (Å²) in [6.45, 7) is 0. The standard InChI is InChI=1S/C13H11ClN2O3S/c14-12-7-11(4-5-13(12)15)20(19)8-9-2-1-3-10(6-9)16(17)18/h1-7H,8,15H2. The Bertz CT molecular complexity index is 691. The van der Waals surface area contributed by atoms with E-state index in [1.165, 1.54) is 12.1 Å². The van der Waals surface area contributed by atoms with Gasteiger partial charge in [0, 0.05) is 17.0 Å². The molecule has 0 spiro atoms. The maximum atomic E-state index is 12.2. The predicted octanol–water partition coefficient (Wildman–Crippen LogP) is 3.14. The van der Waals surface area contributed by atoms with Crippen LogP contribution in [0.15, 0.2) is 47.4 Å². The van der Waals surface area contributed by atoms with Gasteiger partial charge in [0.2, 0.25) is 0 Å². The number of nitro groups is 1. The fourth-order valence-electron chi connectivity index (χ4n) is 1.64. The molecule has 2 rings (SSSR count). The van der Waals surface area contributed by atoms with E-state index < -0.39 is 15.7 Å². The highest BCUT2D eigenvalue weighted by molar-refractivity contribution is 7.84. The van der Waals surface area contributed by atoms with Crippen LogP contribution in [-0.4, -0.2) is 9.13 Å². The summed E-state index contributed by atoms with van der Waals surface area (Å²) in [5, 5.41) is 11.0. The minimum absolute atomic E-state index is 0.0187. The number of nitrogen functional groups attached to an aromatic ring is 1. The molecule has 0 saturated heterocycles. The maximum Gasteiger partial charge on any atom is 0.269 e. The van der Waals surface area contributed by atoms with Crippen LogP contribution < -0.4 is 5.73 Å². The Balaban J connectivity index is 2.21. The third-order valence-electron chi connectivity index (χ3n) is 2.65. The van der Waals surface area contributed by atoms with Gasteiger partial charge >= 0.3 is 0 Å². The fourth-order valence-corrected chi connectivity index (χ4v) is 3.01. The average molecular weight is 311 g/mol. The van der Waals surface area contributed by atoms with Crippen molar-refractivity contribution in [1.82, 2.24) is 0 Å². The Hall–Kier alpha value is -1.92. The quantitative estimate of drug-likeness (QED) is 0.534. The molecule has 0 bridgehead atoms. The van der Waals surface area contributed by atoms with Crippen LogP contribution in [-0.2, 0) is 16.6 Å². The van der Waals surface area contributed by atoms with E-state index in [0.29, 0.717) is 21.2 Å². The van der Waals surface area contributed by atoms with Gasteiger partial charge in [-0.25, -0.2) is 0 Å². The summed E-state index contributed by atoms with van der Waals surface area (Å²) in [6.07, 6.45) is 0. The number of halogens is 1. The van der Waals surface area contributed by atoms with Crippen LogP contribution in [0.2, 0.25) is 5.02 Å². The minimum Gasteiger partial charge on any atom is -0.398 e. The lowest BCUT2D eigenvalue weighted by atomic mass is 10.2. The summed E-state index contributed by atoms with van der Waals surface area (Å²) in [7, 11) is -1.34. The zero-order chi connectivity index (χ0) is 14.7. The van der Waals surface area contributed by atoms with Crippen molar-refractivity contribution in [2.45, 2.75) is 10.6 Å². The Kier molecular flexibility index (Phi) is 4.36. The number of anilines is 1. The van der Waals surface area contributed by atoms with Gasteiger partial charge < -0.3 is 5.73 Å². The van der Waals surface area contributed by atoms with Crippen molar-refractivity contribution in [3.05, 3.63) is 63.2 Å². The maximum absolute atomic E-state index is 12.2. The van der Waals surface area contributed by atoms with Gasteiger partial charge in [0.15, 0.2) is 0 Å². The van der Waals surface area contributed by atoms with Gasteiger partial charge in [0.05, 0.1) is 32.2 Å². The molecular formula is C13H11ClN2O3S. The molecule has 0 aliphatic heterocycles. The molecule has 0 aliphatic rings. The molecule has 2 aromatic rings. The first kappa shape index (κ1) is 14.5. The van der Waals surface area contributed by atoms with Crippen LogP contribution in [0.3, 0.4) is 0 Å². The topological polar surface area (TPSA) is 86.2 Å². The van der Waals surface area contributed by atoms with Gasteiger partial charge in [0.25, 0.3) is 5.69 Å². The van der Waals surface area contributed by atoms with Crippen LogP contribution in [0, 0.1) is 10.1 Å². The van der Waals surface area contributed by atoms with E-state index in [1.54, 1.807) is 30.3 Å². The molecule has 20 heavy (non-hydrogen) atoms. The number of benzene rings is 2. The highest BCUT2D eigenvalue weighted by Crippen LogP contribution is 2.23. The molecule has 1 unspecified atom stereocenters. The summed E-state index contributed by atoms with van der Waals surface area (Å²) in [4.78, 5) is 10.7. The third kappa shape index (κ3) is 3.34. The Morgan fingerprint density at radius 2 is 2.00 bits per heavy atom. The lowest BCUT2D eigenvalue weighted by molar-refractivity contribution is -0.384. The van der Waals surface area contributed by atoms with E-state index in [0.717, 1.165) is 0 Å². The zero-order valence-electron chi connectivity index (χ0n) is 10.3. The van der Waals surface area contributed by atoms with Crippen LogP contribution in [0.5, 0.6) is 0 Å². The molecule has 0 radical (unpaired) electrons. The van der Waals surface area contributed by atoms with Crippen molar-refractivity contribution in [3.63, 3.8) is 0 Å². The zero-order valence-corrected chi connectivity index (χ0v) is 11.9. The molecule has 0 amide bonds. The van der Waals surface area contributed by atoms with Crippen molar-refractivity contribution in [1.29, 1.82) is 0 Å². The van der Waals surface area contributed by atoms with E-state index >= 15 is 0 Å². The van der Waals surface area contributed by atoms with Gasteiger partial charge in [-0.3, -0.25) is 14.3 Å². The molecule has 2 aromatic carbocycles. The van der Waals surface area contributed by atoms with E-state index in [4.69, 9.17) is 17.3 Å². The molecular weight excluding hydrogens is 300 g/mol. The van der Waals surface area contributed by atoms with E-state index in [9.17, 15) is 14.3 Å². The van der Waals surface area contributed by atoms with Crippen molar-refractivity contribution in [2.75, 3.05) is 5.73 Å². The monoisotopic (exact) mass is 310 g/mol. The Labute approximate surface area is 123 Å². The highest BCUT2D eigenvalue weighted by Gasteiger charge is 2.10. The number of hydrogen-bond donors (Lipinski definition) is 1. The molecule has 7 heteroatoms. The molecule has 5 nitrogen and oxygen atoms in total. The predicted molar refractivity (Wildman–Crippen MR) is 79.1 cm³/mol. The summed E-state index contributed by atoms with van der Waals surface area (Å²) in [6, 6.07) is 10.8. The average Bonchev–Trinajstić information content (AvgIpc) is 2.42. The lowest BCUT2D eigenvalue weighted by Crippen LogP contribution is -1.98. The summed E-state index contributed by atoms with van der Waals surface area (Å²) in [5.41, 5.74) is 6.62. The van der Waals surface area contributed by atoms with Gasteiger partial charge in [0.1, 0.15) is 0 Å². The molecule has 1 atom stereocenters. The number of nitrogens with zero attached hydrogens (tertiary/aromatic N) is 1. The van der Waals surface area contributed by atoms with Crippen molar-refractivity contribution < 1.29 is 9.13 Å². The number of nitrogens with two attached hydrogens (primary N) is 1. The molecule has 0 heterocycles. The molecule has 104 valence electrons. The molecule has 0 aromatic heterocycles. The number of hydrogen-bond acceptors (Lipinski definition) is 4. The van der Waals surface area contributed by atoms with E-state index in [2.05, 4.69) is 0 Å². The van der Waals surface area contributed by atoms with Crippen LogP contribution in [0.4, 0.5) is 11.4 Å². The molecule has 0 aliphatic carbocycles. The smallest absolute Gasteiger partial charge is 0.269 e. The first-order chi connectivity index (χ1) is 9.47. The van der Waals surface area contributed by atoms with Gasteiger partial charge in [-0.1, -0.05) is 23.7 Å². The van der Waals surface area contributed by atoms with Crippen molar-refractivity contribution >= 4 is 33.8 Å². The number of non-ortho nitro benzene ring substituents is 1. The van der Waals surface area contributed by atoms with Crippen molar-refractivity contribution in [3.8, 4) is 0 Å².